The highest BCUT2D eigenvalue weighted by Crippen LogP contribution is 2.27. The smallest absolute Gasteiger partial charge is 0.268 e. The van der Waals surface area contributed by atoms with Crippen molar-refractivity contribution in [3.63, 3.8) is 0 Å². The molecular weight excluding hydrogens is 529 g/mol. The van der Waals surface area contributed by atoms with Crippen molar-refractivity contribution in [2.24, 2.45) is 0 Å². The third-order valence-corrected chi connectivity index (χ3v) is 7.74. The average molecular weight is 552 g/mol. The number of halogens is 2. The van der Waals surface area contributed by atoms with Gasteiger partial charge in [-0.1, -0.05) is 53.5 Å². The molecule has 0 aliphatic heterocycles. The molecule has 188 valence electrons. The van der Waals surface area contributed by atoms with Gasteiger partial charge in [-0.15, -0.1) is 11.3 Å². The molecule has 1 atom stereocenters. The van der Waals surface area contributed by atoms with Crippen molar-refractivity contribution in [2.75, 3.05) is 0 Å². The summed E-state index contributed by atoms with van der Waals surface area (Å²) in [5.41, 5.74) is 4.32. The Morgan fingerprint density at radius 2 is 1.84 bits per heavy atom. The van der Waals surface area contributed by atoms with Gasteiger partial charge in [0.25, 0.3) is 5.56 Å². The summed E-state index contributed by atoms with van der Waals surface area (Å²) in [5, 5.41) is 10.4. The van der Waals surface area contributed by atoms with Crippen molar-refractivity contribution in [2.45, 2.75) is 33.2 Å². The topological polar surface area (TPSA) is 81.3 Å². The van der Waals surface area contributed by atoms with Gasteiger partial charge < -0.3 is 5.32 Å². The van der Waals surface area contributed by atoms with E-state index in [0.717, 1.165) is 16.9 Å². The van der Waals surface area contributed by atoms with Crippen LogP contribution >= 0.6 is 34.5 Å². The van der Waals surface area contributed by atoms with E-state index in [0.29, 0.717) is 37.7 Å². The predicted octanol–water partition coefficient (Wildman–Crippen LogP) is 5.95. The summed E-state index contributed by atoms with van der Waals surface area (Å²) < 4.78 is 3.21. The summed E-state index contributed by atoms with van der Waals surface area (Å²) in [7, 11) is 0. The van der Waals surface area contributed by atoms with E-state index < -0.39 is 0 Å². The SMILES string of the molecule is Cc1nc2scc(CC(=O)NC(C)c3ccccc3)n2c(=O)c1-c1cc(C)n(-c2ccc(Cl)c(Cl)c2)n1. The normalized spacial score (nSPS) is 12.1. The van der Waals surface area contributed by atoms with Crippen molar-refractivity contribution in [3.05, 3.63) is 103 Å². The van der Waals surface area contributed by atoms with E-state index in [-0.39, 0.29) is 23.9 Å². The molecule has 0 aliphatic rings. The molecule has 0 bridgehead atoms. The maximum atomic E-state index is 13.7. The molecule has 10 heteroatoms. The van der Waals surface area contributed by atoms with Crippen molar-refractivity contribution in [3.8, 4) is 16.9 Å². The van der Waals surface area contributed by atoms with Crippen LogP contribution in [0.15, 0.2) is 64.8 Å². The lowest BCUT2D eigenvalue weighted by Gasteiger charge is -2.14. The lowest BCUT2D eigenvalue weighted by Crippen LogP contribution is -2.29. The van der Waals surface area contributed by atoms with Gasteiger partial charge in [0.05, 0.1) is 39.5 Å². The number of hydrogen-bond acceptors (Lipinski definition) is 5. The third kappa shape index (κ3) is 4.92. The number of amides is 1. The maximum Gasteiger partial charge on any atom is 0.268 e. The molecule has 0 saturated heterocycles. The second-order valence-electron chi connectivity index (χ2n) is 8.78. The summed E-state index contributed by atoms with van der Waals surface area (Å²) in [6.45, 7) is 5.62. The first-order valence-corrected chi connectivity index (χ1v) is 13.2. The number of hydrogen-bond donors (Lipinski definition) is 1. The van der Waals surface area contributed by atoms with Crippen LogP contribution in [0.4, 0.5) is 0 Å². The second kappa shape index (κ2) is 10.1. The minimum absolute atomic E-state index is 0.0536. The van der Waals surface area contributed by atoms with E-state index in [2.05, 4.69) is 15.4 Å². The quantitative estimate of drug-likeness (QED) is 0.282. The van der Waals surface area contributed by atoms with Crippen LogP contribution in [0.25, 0.3) is 21.9 Å². The Morgan fingerprint density at radius 1 is 1.08 bits per heavy atom. The van der Waals surface area contributed by atoms with Crippen LogP contribution < -0.4 is 10.9 Å². The van der Waals surface area contributed by atoms with Crippen molar-refractivity contribution in [1.29, 1.82) is 0 Å². The molecule has 5 rings (SSSR count). The molecule has 0 saturated carbocycles. The monoisotopic (exact) mass is 551 g/mol. The van der Waals surface area contributed by atoms with Gasteiger partial charge in [0, 0.05) is 16.8 Å². The highest BCUT2D eigenvalue weighted by molar-refractivity contribution is 7.15. The summed E-state index contributed by atoms with van der Waals surface area (Å²) >= 11 is 13.6. The highest BCUT2D eigenvalue weighted by atomic mass is 35.5. The largest absolute Gasteiger partial charge is 0.349 e. The molecule has 1 unspecified atom stereocenters. The van der Waals surface area contributed by atoms with Gasteiger partial charge >= 0.3 is 0 Å². The van der Waals surface area contributed by atoms with Gasteiger partial charge in [-0.2, -0.15) is 5.10 Å². The maximum absolute atomic E-state index is 13.7. The number of aryl methyl sites for hydroxylation is 2. The third-order valence-electron chi connectivity index (χ3n) is 6.13. The first-order valence-electron chi connectivity index (χ1n) is 11.6. The number of fused-ring (bicyclic) bond motifs is 1. The Labute approximate surface area is 227 Å². The zero-order chi connectivity index (χ0) is 26.3. The van der Waals surface area contributed by atoms with Crippen LogP contribution in [0.1, 0.15) is 35.6 Å². The molecule has 3 heterocycles. The number of nitrogens with zero attached hydrogens (tertiary/aromatic N) is 4. The van der Waals surface area contributed by atoms with E-state index in [1.165, 1.54) is 15.7 Å². The average Bonchev–Trinajstić information content (AvgIpc) is 3.44. The van der Waals surface area contributed by atoms with Crippen LogP contribution in [0.2, 0.25) is 10.0 Å². The molecule has 0 radical (unpaired) electrons. The molecular formula is C27H23Cl2N5O2S. The predicted molar refractivity (Wildman–Crippen MR) is 148 cm³/mol. The summed E-state index contributed by atoms with van der Waals surface area (Å²) in [6, 6.07) is 16.7. The number of aromatic nitrogens is 4. The van der Waals surface area contributed by atoms with Gasteiger partial charge in [-0.25, -0.2) is 9.67 Å². The van der Waals surface area contributed by atoms with Crippen LogP contribution in [-0.2, 0) is 11.2 Å². The van der Waals surface area contributed by atoms with Crippen LogP contribution in [0, 0.1) is 13.8 Å². The lowest BCUT2D eigenvalue weighted by atomic mass is 10.1. The van der Waals surface area contributed by atoms with Gasteiger partial charge in [-0.05, 0) is 50.6 Å². The summed E-state index contributed by atoms with van der Waals surface area (Å²) in [6.07, 6.45) is 0.0536. The first kappa shape index (κ1) is 25.2. The Morgan fingerprint density at radius 3 is 2.57 bits per heavy atom. The van der Waals surface area contributed by atoms with E-state index in [1.807, 2.05) is 56.3 Å². The summed E-state index contributed by atoms with van der Waals surface area (Å²) in [5.74, 6) is -0.176. The van der Waals surface area contributed by atoms with Gasteiger partial charge in [0.2, 0.25) is 5.91 Å². The van der Waals surface area contributed by atoms with Gasteiger partial charge in [0.15, 0.2) is 4.96 Å². The Bertz CT molecular complexity index is 1690. The van der Waals surface area contributed by atoms with Crippen molar-refractivity contribution >= 4 is 45.4 Å². The highest BCUT2D eigenvalue weighted by Gasteiger charge is 2.21. The standard InChI is InChI=1S/C27H23Cl2N5O2S/c1-15-11-23(32-34(15)19-9-10-21(28)22(29)12-19)25-17(3)31-27-33(26(25)36)20(14-37-27)13-24(35)30-16(2)18-7-5-4-6-8-18/h4-12,14,16H,13H2,1-3H3,(H,30,35). The lowest BCUT2D eigenvalue weighted by molar-refractivity contribution is -0.121. The molecule has 7 nitrogen and oxygen atoms in total. The molecule has 2 aromatic carbocycles. The number of nitrogens with one attached hydrogen (secondary N) is 1. The van der Waals surface area contributed by atoms with Gasteiger partial charge in [-0.3, -0.25) is 14.0 Å². The van der Waals surface area contributed by atoms with E-state index >= 15 is 0 Å². The molecule has 1 amide bonds. The van der Waals surface area contributed by atoms with Gasteiger partial charge in [0.1, 0.15) is 5.69 Å². The zero-order valence-corrected chi connectivity index (χ0v) is 22.7. The zero-order valence-electron chi connectivity index (χ0n) is 20.3. The Balaban J connectivity index is 1.49. The molecule has 0 aliphatic carbocycles. The van der Waals surface area contributed by atoms with Crippen LogP contribution in [0.5, 0.6) is 0 Å². The Kier molecular flexibility index (Phi) is 6.90. The molecule has 3 aromatic heterocycles. The molecule has 1 N–H and O–H groups in total. The fourth-order valence-electron chi connectivity index (χ4n) is 4.28. The first-order chi connectivity index (χ1) is 17.7. The van der Waals surface area contributed by atoms with Crippen molar-refractivity contribution < 1.29 is 4.79 Å². The van der Waals surface area contributed by atoms with E-state index in [1.54, 1.807) is 29.1 Å². The van der Waals surface area contributed by atoms with E-state index in [4.69, 9.17) is 23.2 Å². The molecule has 37 heavy (non-hydrogen) atoms. The fourth-order valence-corrected chi connectivity index (χ4v) is 5.50. The van der Waals surface area contributed by atoms with Crippen LogP contribution in [-0.4, -0.2) is 25.1 Å². The second-order valence-corrected chi connectivity index (χ2v) is 10.4. The summed E-state index contributed by atoms with van der Waals surface area (Å²) in [4.78, 5) is 31.8. The minimum atomic E-state index is -0.263. The fraction of sp³-hybridized carbons (Fsp3) is 0.185. The number of rotatable bonds is 6. The Hall–Kier alpha value is -3.46. The van der Waals surface area contributed by atoms with Crippen LogP contribution in [0.3, 0.4) is 0 Å². The van der Waals surface area contributed by atoms with Crippen molar-refractivity contribution in [1.82, 2.24) is 24.5 Å². The number of thiazole rings is 1. The molecule has 5 aromatic rings. The number of carbonyl (C=O) groups is 1. The molecule has 0 fully saturated rings. The minimum Gasteiger partial charge on any atom is -0.349 e. The number of carbonyl (C=O) groups excluding carboxylic acids is 1. The van der Waals surface area contributed by atoms with E-state index in [9.17, 15) is 9.59 Å². The molecule has 0 spiro atoms. The number of benzene rings is 2.